The summed E-state index contributed by atoms with van der Waals surface area (Å²) in [5.74, 6) is -0.439. The van der Waals surface area contributed by atoms with E-state index in [2.05, 4.69) is 16.0 Å². The highest BCUT2D eigenvalue weighted by atomic mass is 16.7. The highest BCUT2D eigenvalue weighted by Crippen LogP contribution is 2.57. The van der Waals surface area contributed by atoms with Gasteiger partial charge in [0.05, 0.1) is 36.9 Å². The van der Waals surface area contributed by atoms with Crippen molar-refractivity contribution in [3.63, 3.8) is 0 Å². The Kier molecular flexibility index (Phi) is 13.5. The van der Waals surface area contributed by atoms with E-state index in [-0.39, 0.29) is 24.8 Å². The van der Waals surface area contributed by atoms with Crippen molar-refractivity contribution < 1.29 is 68.0 Å². The van der Waals surface area contributed by atoms with Gasteiger partial charge in [-0.15, -0.1) is 0 Å². The number of alkyl carbamates (subject to hydrolysis) is 3. The molecule has 0 radical (unpaired) electrons. The Morgan fingerprint density at radius 3 is 1.87 bits per heavy atom. The minimum Gasteiger partial charge on any atom is -0.444 e. The van der Waals surface area contributed by atoms with Crippen LogP contribution in [0, 0.1) is 11.8 Å². The van der Waals surface area contributed by atoms with Gasteiger partial charge in [-0.05, 0) is 87.0 Å². The third kappa shape index (κ3) is 11.0. The maximum Gasteiger partial charge on any atom is 0.408 e. The summed E-state index contributed by atoms with van der Waals surface area (Å²) in [7, 11) is 0. The van der Waals surface area contributed by atoms with Crippen molar-refractivity contribution in [1.82, 2.24) is 16.0 Å². The molecular weight excluding hydrogens is 714 g/mol. The Morgan fingerprint density at radius 2 is 1.31 bits per heavy atom. The zero-order chi connectivity index (χ0) is 40.7. The maximum atomic E-state index is 13.2. The van der Waals surface area contributed by atoms with Crippen LogP contribution in [0.2, 0.25) is 0 Å². The molecule has 0 spiro atoms. The Hall–Kier alpha value is -2.59. The van der Waals surface area contributed by atoms with Crippen LogP contribution in [0.3, 0.4) is 0 Å². The lowest BCUT2D eigenvalue weighted by molar-refractivity contribution is -0.315. The van der Waals surface area contributed by atoms with E-state index in [0.29, 0.717) is 6.42 Å². The van der Waals surface area contributed by atoms with E-state index in [0.717, 1.165) is 0 Å². The summed E-state index contributed by atoms with van der Waals surface area (Å²) < 4.78 is 41.3. The van der Waals surface area contributed by atoms with Crippen LogP contribution in [0.1, 0.15) is 82.1 Å². The molecule has 4 aliphatic rings. The van der Waals surface area contributed by atoms with Crippen molar-refractivity contribution in [3.8, 4) is 0 Å². The van der Waals surface area contributed by atoms with Crippen molar-refractivity contribution in [1.29, 1.82) is 0 Å². The smallest absolute Gasteiger partial charge is 0.408 e. The fourth-order valence-electron chi connectivity index (χ4n) is 7.19. The molecule has 9 unspecified atom stereocenters. The monoisotopic (exact) mass is 777 g/mol. The summed E-state index contributed by atoms with van der Waals surface area (Å²) in [6, 6.07) is -4.12. The first-order valence-electron chi connectivity index (χ1n) is 18.5. The minimum absolute atomic E-state index is 0.0487. The second kappa shape index (κ2) is 16.5. The summed E-state index contributed by atoms with van der Waals surface area (Å²) in [5, 5.41) is 51.3. The van der Waals surface area contributed by atoms with Crippen molar-refractivity contribution in [2.45, 2.75) is 178 Å². The first kappa shape index (κ1) is 44.1. The highest BCUT2D eigenvalue weighted by Gasteiger charge is 2.66. The van der Waals surface area contributed by atoms with E-state index in [1.54, 1.807) is 62.3 Å². The van der Waals surface area contributed by atoms with E-state index >= 15 is 0 Å². The Balaban J connectivity index is 1.65. The molecule has 19 nitrogen and oxygen atoms in total. The lowest BCUT2D eigenvalue weighted by atomic mass is 9.83. The van der Waals surface area contributed by atoms with Crippen LogP contribution >= 0.6 is 0 Å². The second-order valence-electron chi connectivity index (χ2n) is 17.9. The number of aliphatic hydroxyl groups is 4. The van der Waals surface area contributed by atoms with E-state index < -0.39 is 121 Å². The highest BCUT2D eigenvalue weighted by molar-refractivity contribution is 5.69. The number of aliphatic hydroxyl groups excluding tert-OH is 4. The van der Waals surface area contributed by atoms with E-state index in [1.807, 2.05) is 6.92 Å². The van der Waals surface area contributed by atoms with Gasteiger partial charge in [-0.25, -0.2) is 14.4 Å². The topological polar surface area (TPSA) is 285 Å². The van der Waals surface area contributed by atoms with Crippen LogP contribution in [0.15, 0.2) is 0 Å². The van der Waals surface area contributed by atoms with Crippen LogP contribution in [0.5, 0.6) is 0 Å². The number of fused-ring (bicyclic) bond motifs is 1. The zero-order valence-electron chi connectivity index (χ0n) is 32.9. The van der Waals surface area contributed by atoms with Gasteiger partial charge in [0, 0.05) is 6.04 Å². The largest absolute Gasteiger partial charge is 0.444 e. The van der Waals surface area contributed by atoms with Crippen molar-refractivity contribution in [2.75, 3.05) is 13.2 Å². The maximum absolute atomic E-state index is 13.2. The van der Waals surface area contributed by atoms with Crippen LogP contribution in [-0.2, 0) is 33.2 Å². The van der Waals surface area contributed by atoms with E-state index in [1.165, 1.54) is 0 Å². The molecule has 312 valence electrons. The lowest BCUT2D eigenvalue weighted by Crippen LogP contribution is -2.69. The van der Waals surface area contributed by atoms with Gasteiger partial charge in [0.15, 0.2) is 12.6 Å². The number of hydrogen-bond donors (Lipinski definition) is 9. The van der Waals surface area contributed by atoms with E-state index in [4.69, 9.17) is 44.6 Å². The third-order valence-corrected chi connectivity index (χ3v) is 9.78. The van der Waals surface area contributed by atoms with Crippen LogP contribution in [-0.4, -0.2) is 148 Å². The number of nitrogens with two attached hydrogens (primary N) is 2. The summed E-state index contributed by atoms with van der Waals surface area (Å²) in [6.45, 7) is 16.7. The number of hydrogen-bond acceptors (Lipinski definition) is 16. The van der Waals surface area contributed by atoms with Gasteiger partial charge in [-0.3, -0.25) is 0 Å². The van der Waals surface area contributed by atoms with Crippen molar-refractivity contribution >= 4 is 18.3 Å². The fourth-order valence-corrected chi connectivity index (χ4v) is 7.19. The standard InChI is InChI=1S/C35H63N5O14/c1-15-16-12-35(16,14-38-29(45)52-32(2,3)4)51-27(21(15)40-31(47)54-34(8,9)10)50-26-18(39-30(46)53-33(5,6)7)11-17(36)25(24(26)44)49-28-23(43)20(37)22(42)19(13-41)48-28/h15-28,41-44H,11-14,36-37H2,1-10H3,(H,38,45)(H,39,46)(H,40,47)/t15?,16-,17+,18?,19+,20?,21?,22?,23+,24?,25?,26+,27-,28?,35?/m0/s1. The number of nitrogens with one attached hydrogen (secondary N) is 3. The second-order valence-corrected chi connectivity index (χ2v) is 17.9. The molecule has 15 atom stereocenters. The molecule has 0 aromatic carbocycles. The quantitative estimate of drug-likeness (QED) is 0.136. The molecule has 4 fully saturated rings. The lowest BCUT2D eigenvalue weighted by Gasteiger charge is -2.49. The molecule has 4 rings (SSSR count). The molecule has 54 heavy (non-hydrogen) atoms. The minimum atomic E-state index is -1.64. The molecule has 2 aliphatic carbocycles. The summed E-state index contributed by atoms with van der Waals surface area (Å²) >= 11 is 0. The van der Waals surface area contributed by atoms with Crippen LogP contribution in [0.25, 0.3) is 0 Å². The molecule has 0 aromatic rings. The fraction of sp³-hybridized carbons (Fsp3) is 0.914. The molecule has 11 N–H and O–H groups in total. The molecule has 19 heteroatoms. The number of ether oxygens (including phenoxy) is 7. The molecule has 0 bridgehead atoms. The SMILES string of the molecule is CC1C(NC(=O)OC(C)(C)C)[C@@H](O[C@@H]2C(NC(=O)OC(C)(C)C)C[C@@H](N)C(OC3O[C@H](CO)C(O)C(N)[C@H]3O)C2O)OC2(CNC(=O)OC(C)(C)C)C[C@@H]12. The number of rotatable bonds is 9. The number of carbonyl (C=O) groups is 3. The average molecular weight is 778 g/mol. The molecule has 3 amide bonds. The molecule has 2 saturated heterocycles. The predicted molar refractivity (Wildman–Crippen MR) is 190 cm³/mol. The molecule has 2 saturated carbocycles. The third-order valence-electron chi connectivity index (χ3n) is 9.78. The van der Waals surface area contributed by atoms with Gasteiger partial charge in [-0.2, -0.15) is 0 Å². The Morgan fingerprint density at radius 1 is 0.778 bits per heavy atom. The first-order valence-corrected chi connectivity index (χ1v) is 18.5. The van der Waals surface area contributed by atoms with Gasteiger partial charge >= 0.3 is 18.3 Å². The predicted octanol–water partition coefficient (Wildman–Crippen LogP) is -0.323. The zero-order valence-corrected chi connectivity index (χ0v) is 32.9. The molecule has 2 aliphatic heterocycles. The van der Waals surface area contributed by atoms with Gasteiger partial charge < -0.3 is 81.0 Å². The molecule has 0 aromatic heterocycles. The van der Waals surface area contributed by atoms with Crippen molar-refractivity contribution in [3.05, 3.63) is 0 Å². The van der Waals surface area contributed by atoms with E-state index in [9.17, 15) is 34.8 Å². The summed E-state index contributed by atoms with van der Waals surface area (Å²) in [6.07, 6.45) is -13.1. The summed E-state index contributed by atoms with van der Waals surface area (Å²) in [5.41, 5.74) is 9.15. The van der Waals surface area contributed by atoms with Crippen LogP contribution in [0.4, 0.5) is 14.4 Å². The average Bonchev–Trinajstić information content (AvgIpc) is 3.74. The van der Waals surface area contributed by atoms with Gasteiger partial charge in [0.25, 0.3) is 0 Å². The van der Waals surface area contributed by atoms with Crippen molar-refractivity contribution in [2.24, 2.45) is 23.3 Å². The molecular formula is C35H63N5O14. The van der Waals surface area contributed by atoms with Gasteiger partial charge in [0.2, 0.25) is 0 Å². The van der Waals surface area contributed by atoms with Crippen LogP contribution < -0.4 is 27.4 Å². The Bertz CT molecular complexity index is 1320. The number of amides is 3. The molecule has 2 heterocycles. The van der Waals surface area contributed by atoms with Gasteiger partial charge in [-0.1, -0.05) is 6.92 Å². The van der Waals surface area contributed by atoms with Gasteiger partial charge in [0.1, 0.15) is 53.4 Å². The normalized spacial score (nSPS) is 39.8. The Labute approximate surface area is 316 Å². The first-order chi connectivity index (χ1) is 24.7. The summed E-state index contributed by atoms with van der Waals surface area (Å²) in [4.78, 5) is 38.9. The number of carbonyl (C=O) groups excluding carboxylic acids is 3.